The van der Waals surface area contributed by atoms with Gasteiger partial charge in [0.1, 0.15) is 0 Å². The first kappa shape index (κ1) is 14.4. The fraction of sp³-hybridized carbons (Fsp3) is 0.600. The molecule has 1 N–H and O–H groups in total. The molecule has 2 rings (SSSR count). The molecule has 1 aliphatic carbocycles. The van der Waals surface area contributed by atoms with Crippen molar-refractivity contribution in [2.75, 3.05) is 7.05 Å². The Morgan fingerprint density at radius 2 is 1.63 bits per heavy atom. The van der Waals surface area contributed by atoms with Gasteiger partial charge in [0, 0.05) is 6.04 Å². The van der Waals surface area contributed by atoms with Crippen molar-refractivity contribution in [3.8, 4) is 0 Å². The van der Waals surface area contributed by atoms with Crippen LogP contribution in [0.15, 0.2) is 24.3 Å². The maximum absolute atomic E-state index is 12.6. The van der Waals surface area contributed by atoms with E-state index in [2.05, 4.69) is 5.32 Å². The summed E-state index contributed by atoms with van der Waals surface area (Å²) in [4.78, 5) is 0. The lowest BCUT2D eigenvalue weighted by atomic mass is 9.87. The molecule has 0 heterocycles. The van der Waals surface area contributed by atoms with E-state index in [1.807, 2.05) is 7.05 Å². The molecule has 2 unspecified atom stereocenters. The van der Waals surface area contributed by atoms with Crippen LogP contribution in [-0.4, -0.2) is 13.1 Å². The minimum atomic E-state index is -4.25. The largest absolute Gasteiger partial charge is 0.416 e. The van der Waals surface area contributed by atoms with Gasteiger partial charge in [0.2, 0.25) is 0 Å². The van der Waals surface area contributed by atoms with E-state index < -0.39 is 11.7 Å². The molecule has 19 heavy (non-hydrogen) atoms. The lowest BCUT2D eigenvalue weighted by Crippen LogP contribution is -2.31. The summed E-state index contributed by atoms with van der Waals surface area (Å²) < 4.78 is 37.7. The van der Waals surface area contributed by atoms with E-state index in [-0.39, 0.29) is 0 Å². The van der Waals surface area contributed by atoms with Crippen molar-refractivity contribution in [2.24, 2.45) is 0 Å². The zero-order valence-electron chi connectivity index (χ0n) is 11.1. The summed E-state index contributed by atoms with van der Waals surface area (Å²) in [5, 5.41) is 3.32. The normalized spacial score (nSPS) is 25.1. The van der Waals surface area contributed by atoms with Gasteiger partial charge in [-0.05, 0) is 43.5 Å². The van der Waals surface area contributed by atoms with Crippen LogP contribution in [0.4, 0.5) is 13.2 Å². The molecule has 1 aliphatic rings. The lowest BCUT2D eigenvalue weighted by molar-refractivity contribution is -0.137. The van der Waals surface area contributed by atoms with Gasteiger partial charge in [-0.1, -0.05) is 31.4 Å². The summed E-state index contributed by atoms with van der Waals surface area (Å²) in [6, 6.07) is 6.06. The van der Waals surface area contributed by atoms with Crippen molar-refractivity contribution >= 4 is 0 Å². The highest BCUT2D eigenvalue weighted by atomic mass is 19.4. The Balaban J connectivity index is 2.19. The van der Waals surface area contributed by atoms with Gasteiger partial charge >= 0.3 is 6.18 Å². The smallest absolute Gasteiger partial charge is 0.316 e. The fourth-order valence-electron chi connectivity index (χ4n) is 2.97. The molecule has 0 aliphatic heterocycles. The molecule has 0 saturated heterocycles. The van der Waals surface area contributed by atoms with E-state index in [1.165, 1.54) is 25.0 Å². The van der Waals surface area contributed by atoms with E-state index in [1.54, 1.807) is 12.1 Å². The van der Waals surface area contributed by atoms with Gasteiger partial charge in [-0.25, -0.2) is 0 Å². The molecule has 0 aromatic heterocycles. The molecule has 106 valence electrons. The molecular formula is C15H20F3N. The Bertz CT molecular complexity index is 397. The Morgan fingerprint density at radius 1 is 1.00 bits per heavy atom. The van der Waals surface area contributed by atoms with E-state index >= 15 is 0 Å². The van der Waals surface area contributed by atoms with Crippen LogP contribution >= 0.6 is 0 Å². The molecule has 1 aromatic rings. The molecule has 2 atom stereocenters. The predicted molar refractivity (Wildman–Crippen MR) is 70.1 cm³/mol. The zero-order chi connectivity index (χ0) is 13.9. The van der Waals surface area contributed by atoms with Crippen LogP contribution in [0, 0.1) is 0 Å². The second-order valence-corrected chi connectivity index (χ2v) is 5.26. The third kappa shape index (κ3) is 3.50. The highest BCUT2D eigenvalue weighted by Gasteiger charge is 2.31. The van der Waals surface area contributed by atoms with Gasteiger partial charge in [-0.15, -0.1) is 0 Å². The lowest BCUT2D eigenvalue weighted by Gasteiger charge is -2.25. The number of halogens is 3. The van der Waals surface area contributed by atoms with Gasteiger partial charge in [0.05, 0.1) is 5.56 Å². The molecule has 0 bridgehead atoms. The van der Waals surface area contributed by atoms with Gasteiger partial charge in [-0.3, -0.25) is 0 Å². The van der Waals surface area contributed by atoms with E-state index in [0.29, 0.717) is 12.0 Å². The maximum atomic E-state index is 12.6. The Hall–Kier alpha value is -1.03. The third-order valence-corrected chi connectivity index (χ3v) is 4.05. The number of hydrogen-bond donors (Lipinski definition) is 1. The minimum Gasteiger partial charge on any atom is -0.316 e. The van der Waals surface area contributed by atoms with E-state index in [4.69, 9.17) is 0 Å². The number of likely N-dealkylation sites (N-methyl/N-ethyl adjacent to an activating group) is 1. The highest BCUT2D eigenvalue weighted by Crippen LogP contribution is 2.34. The third-order valence-electron chi connectivity index (χ3n) is 4.05. The van der Waals surface area contributed by atoms with Crippen molar-refractivity contribution in [3.63, 3.8) is 0 Å². The topological polar surface area (TPSA) is 12.0 Å². The van der Waals surface area contributed by atoms with Crippen LogP contribution in [0.2, 0.25) is 0 Å². The number of nitrogens with one attached hydrogen (secondary N) is 1. The second-order valence-electron chi connectivity index (χ2n) is 5.26. The Morgan fingerprint density at radius 3 is 2.21 bits per heavy atom. The zero-order valence-corrected chi connectivity index (χ0v) is 11.1. The molecule has 1 nitrogen and oxygen atoms in total. The van der Waals surface area contributed by atoms with Crippen LogP contribution in [0.1, 0.15) is 49.1 Å². The summed E-state index contributed by atoms with van der Waals surface area (Å²) in [7, 11) is 1.94. The fourth-order valence-corrected chi connectivity index (χ4v) is 2.97. The van der Waals surface area contributed by atoms with Crippen LogP contribution in [0.3, 0.4) is 0 Å². The average Bonchev–Trinajstić information content (AvgIpc) is 2.62. The summed E-state index contributed by atoms with van der Waals surface area (Å²) in [6.45, 7) is 0. The minimum absolute atomic E-state index is 0.329. The molecule has 0 radical (unpaired) electrons. The summed E-state index contributed by atoms with van der Waals surface area (Å²) in [5.74, 6) is 0.329. The van der Waals surface area contributed by atoms with Gasteiger partial charge in [0.25, 0.3) is 0 Å². The van der Waals surface area contributed by atoms with Gasteiger partial charge < -0.3 is 5.32 Å². The highest BCUT2D eigenvalue weighted by molar-refractivity contribution is 5.28. The molecule has 1 aromatic carbocycles. The van der Waals surface area contributed by atoms with Crippen LogP contribution in [0.25, 0.3) is 0 Å². The SMILES string of the molecule is CNC1CCCCCC1c1ccc(C(F)(F)F)cc1. The predicted octanol–water partition coefficient (Wildman–Crippen LogP) is 4.34. The van der Waals surface area contributed by atoms with Gasteiger partial charge in [0.15, 0.2) is 0 Å². The number of alkyl halides is 3. The number of benzene rings is 1. The molecule has 1 fully saturated rings. The quantitative estimate of drug-likeness (QED) is 0.789. The summed E-state index contributed by atoms with van der Waals surface area (Å²) in [5.41, 5.74) is 0.458. The monoisotopic (exact) mass is 271 g/mol. The average molecular weight is 271 g/mol. The number of rotatable bonds is 2. The molecular weight excluding hydrogens is 251 g/mol. The van der Waals surface area contributed by atoms with Crippen molar-refractivity contribution in [1.82, 2.24) is 5.32 Å². The van der Waals surface area contributed by atoms with Crippen LogP contribution < -0.4 is 5.32 Å². The van der Waals surface area contributed by atoms with Crippen molar-refractivity contribution in [3.05, 3.63) is 35.4 Å². The van der Waals surface area contributed by atoms with Crippen molar-refractivity contribution in [2.45, 2.75) is 50.2 Å². The van der Waals surface area contributed by atoms with Crippen molar-refractivity contribution < 1.29 is 13.2 Å². The Labute approximate surface area is 112 Å². The summed E-state index contributed by atoms with van der Waals surface area (Å²) in [6.07, 6.45) is 1.48. The van der Waals surface area contributed by atoms with Crippen molar-refractivity contribution in [1.29, 1.82) is 0 Å². The molecule has 4 heteroatoms. The molecule has 0 spiro atoms. The van der Waals surface area contributed by atoms with E-state index in [0.717, 1.165) is 24.8 Å². The van der Waals surface area contributed by atoms with Crippen LogP contribution in [0.5, 0.6) is 0 Å². The molecule has 0 amide bonds. The first-order valence-corrected chi connectivity index (χ1v) is 6.87. The van der Waals surface area contributed by atoms with Gasteiger partial charge in [-0.2, -0.15) is 13.2 Å². The maximum Gasteiger partial charge on any atom is 0.416 e. The molecule has 1 saturated carbocycles. The number of hydrogen-bond acceptors (Lipinski definition) is 1. The Kier molecular flexibility index (Phi) is 4.50. The first-order valence-electron chi connectivity index (χ1n) is 6.87. The van der Waals surface area contributed by atoms with E-state index in [9.17, 15) is 13.2 Å². The second kappa shape index (κ2) is 5.95. The standard InChI is InChI=1S/C15H20F3N/c1-19-14-6-4-2-3-5-13(14)11-7-9-12(10-8-11)15(16,17)18/h7-10,13-14,19H,2-6H2,1H3. The van der Waals surface area contributed by atoms with Crippen LogP contribution in [-0.2, 0) is 6.18 Å². The summed E-state index contributed by atoms with van der Waals surface area (Å²) >= 11 is 0. The first-order chi connectivity index (χ1) is 9.02.